The molecule has 0 unspecified atom stereocenters. The smallest absolute Gasteiger partial charge is 0.136 e. The number of nitrogens with one attached hydrogen (secondary N) is 1. The van der Waals surface area contributed by atoms with Gasteiger partial charge in [-0.3, -0.25) is 0 Å². The molecule has 1 aromatic rings. The lowest BCUT2D eigenvalue weighted by Crippen LogP contribution is -2.28. The summed E-state index contributed by atoms with van der Waals surface area (Å²) < 4.78 is 2.20. The summed E-state index contributed by atoms with van der Waals surface area (Å²) in [5.41, 5.74) is 0. The largest absolute Gasteiger partial charge is 0.317 e. The van der Waals surface area contributed by atoms with Gasteiger partial charge in [0.1, 0.15) is 12.2 Å². The van der Waals surface area contributed by atoms with E-state index in [0.717, 1.165) is 26.2 Å². The molecular weight excluding hydrogens is 202 g/mol. The third-order valence-corrected chi connectivity index (χ3v) is 3.14. The van der Waals surface area contributed by atoms with Crippen LogP contribution in [0.15, 0.2) is 6.33 Å². The number of nitrogens with zero attached hydrogens (tertiary/aromatic N) is 4. The van der Waals surface area contributed by atoms with Crippen molar-refractivity contribution < 1.29 is 0 Å². The molecule has 2 heterocycles. The van der Waals surface area contributed by atoms with Crippen LogP contribution in [0, 0.1) is 0 Å². The SMILES string of the molecule is CN(C)CCn1cnnc1C1CCNCC1. The van der Waals surface area contributed by atoms with E-state index in [2.05, 4.69) is 39.1 Å². The van der Waals surface area contributed by atoms with E-state index in [1.54, 1.807) is 0 Å². The molecule has 1 N–H and O–H groups in total. The molecule has 0 amide bonds. The van der Waals surface area contributed by atoms with Gasteiger partial charge in [0.15, 0.2) is 0 Å². The van der Waals surface area contributed by atoms with Crippen LogP contribution in [0.1, 0.15) is 24.6 Å². The normalized spacial score (nSPS) is 18.2. The summed E-state index contributed by atoms with van der Waals surface area (Å²) >= 11 is 0. The maximum Gasteiger partial charge on any atom is 0.136 e. The summed E-state index contributed by atoms with van der Waals surface area (Å²) in [4.78, 5) is 2.19. The Kier molecular flexibility index (Phi) is 3.90. The molecule has 1 fully saturated rings. The van der Waals surface area contributed by atoms with Gasteiger partial charge in [0.2, 0.25) is 0 Å². The van der Waals surface area contributed by atoms with E-state index in [1.165, 1.54) is 18.7 Å². The third kappa shape index (κ3) is 2.80. The number of aromatic nitrogens is 3. The van der Waals surface area contributed by atoms with Gasteiger partial charge in [0, 0.05) is 19.0 Å². The van der Waals surface area contributed by atoms with Crippen LogP contribution in [-0.2, 0) is 6.54 Å². The first-order valence-corrected chi connectivity index (χ1v) is 6.00. The predicted molar refractivity (Wildman–Crippen MR) is 63.4 cm³/mol. The van der Waals surface area contributed by atoms with Crippen LogP contribution >= 0.6 is 0 Å². The predicted octanol–water partition coefficient (Wildman–Crippen LogP) is 0.307. The lowest BCUT2D eigenvalue weighted by molar-refractivity contribution is 0.369. The van der Waals surface area contributed by atoms with Crippen LogP contribution in [0.2, 0.25) is 0 Å². The van der Waals surface area contributed by atoms with Crippen molar-refractivity contribution in [2.24, 2.45) is 0 Å². The highest BCUT2D eigenvalue weighted by Gasteiger charge is 2.20. The number of hydrogen-bond donors (Lipinski definition) is 1. The molecule has 0 aromatic carbocycles. The van der Waals surface area contributed by atoms with Gasteiger partial charge in [0.05, 0.1) is 0 Å². The summed E-state index contributed by atoms with van der Waals surface area (Å²) in [6, 6.07) is 0. The van der Waals surface area contributed by atoms with Gasteiger partial charge in [0.25, 0.3) is 0 Å². The molecule has 0 atom stereocenters. The van der Waals surface area contributed by atoms with Crippen LogP contribution in [0.3, 0.4) is 0 Å². The monoisotopic (exact) mass is 223 g/mol. The van der Waals surface area contributed by atoms with Gasteiger partial charge in [-0.2, -0.15) is 0 Å². The molecule has 90 valence electrons. The second-order valence-electron chi connectivity index (χ2n) is 4.71. The topological polar surface area (TPSA) is 46.0 Å². The maximum absolute atomic E-state index is 4.28. The van der Waals surface area contributed by atoms with Crippen molar-refractivity contribution in [3.63, 3.8) is 0 Å². The summed E-state index contributed by atoms with van der Waals surface area (Å²) in [5, 5.41) is 11.7. The molecule has 5 nitrogen and oxygen atoms in total. The molecule has 0 bridgehead atoms. The zero-order chi connectivity index (χ0) is 11.4. The molecule has 0 saturated carbocycles. The zero-order valence-electron chi connectivity index (χ0n) is 10.2. The quantitative estimate of drug-likeness (QED) is 0.798. The molecule has 1 aromatic heterocycles. The Morgan fingerprint density at radius 3 is 2.88 bits per heavy atom. The Morgan fingerprint density at radius 1 is 1.44 bits per heavy atom. The first kappa shape index (κ1) is 11.5. The molecule has 5 heteroatoms. The second kappa shape index (κ2) is 5.41. The van der Waals surface area contributed by atoms with Gasteiger partial charge in [-0.1, -0.05) is 0 Å². The average Bonchev–Trinajstić information content (AvgIpc) is 2.75. The highest BCUT2D eigenvalue weighted by atomic mass is 15.3. The van der Waals surface area contributed by atoms with E-state index >= 15 is 0 Å². The number of rotatable bonds is 4. The van der Waals surface area contributed by atoms with E-state index in [-0.39, 0.29) is 0 Å². The molecule has 0 aliphatic carbocycles. The van der Waals surface area contributed by atoms with E-state index in [9.17, 15) is 0 Å². The van der Waals surface area contributed by atoms with Gasteiger partial charge in [-0.15, -0.1) is 10.2 Å². The van der Waals surface area contributed by atoms with E-state index in [0.29, 0.717) is 5.92 Å². The van der Waals surface area contributed by atoms with Crippen molar-refractivity contribution >= 4 is 0 Å². The Labute approximate surface area is 96.8 Å². The van der Waals surface area contributed by atoms with Crippen LogP contribution in [0.5, 0.6) is 0 Å². The fourth-order valence-corrected chi connectivity index (χ4v) is 2.14. The lowest BCUT2D eigenvalue weighted by atomic mass is 9.97. The zero-order valence-corrected chi connectivity index (χ0v) is 10.2. The van der Waals surface area contributed by atoms with Crippen molar-refractivity contribution in [1.29, 1.82) is 0 Å². The average molecular weight is 223 g/mol. The van der Waals surface area contributed by atoms with E-state index in [4.69, 9.17) is 0 Å². The van der Waals surface area contributed by atoms with Crippen molar-refractivity contribution in [2.75, 3.05) is 33.7 Å². The molecule has 0 radical (unpaired) electrons. The summed E-state index contributed by atoms with van der Waals surface area (Å²) in [7, 11) is 4.18. The standard InChI is InChI=1S/C11H21N5/c1-15(2)7-8-16-9-13-14-11(16)10-3-5-12-6-4-10/h9-10,12H,3-8H2,1-2H3. The fraction of sp³-hybridized carbons (Fsp3) is 0.818. The molecular formula is C11H21N5. The van der Waals surface area contributed by atoms with Crippen LogP contribution < -0.4 is 5.32 Å². The molecule has 1 saturated heterocycles. The highest BCUT2D eigenvalue weighted by molar-refractivity contribution is 4.98. The van der Waals surface area contributed by atoms with Crippen LogP contribution in [0.25, 0.3) is 0 Å². The minimum atomic E-state index is 0.589. The van der Waals surface area contributed by atoms with Crippen LogP contribution in [0.4, 0.5) is 0 Å². The third-order valence-electron chi connectivity index (χ3n) is 3.14. The molecule has 1 aliphatic rings. The Morgan fingerprint density at radius 2 is 2.19 bits per heavy atom. The molecule has 2 rings (SSSR count). The molecule has 1 aliphatic heterocycles. The second-order valence-corrected chi connectivity index (χ2v) is 4.71. The Bertz CT molecular complexity index is 314. The van der Waals surface area contributed by atoms with Gasteiger partial charge in [-0.25, -0.2) is 0 Å². The van der Waals surface area contributed by atoms with Gasteiger partial charge >= 0.3 is 0 Å². The molecule has 0 spiro atoms. The van der Waals surface area contributed by atoms with E-state index < -0.39 is 0 Å². The minimum absolute atomic E-state index is 0.589. The number of piperidine rings is 1. The number of hydrogen-bond acceptors (Lipinski definition) is 4. The minimum Gasteiger partial charge on any atom is -0.317 e. The summed E-state index contributed by atoms with van der Waals surface area (Å²) in [6.07, 6.45) is 4.22. The van der Waals surface area contributed by atoms with Crippen molar-refractivity contribution in [2.45, 2.75) is 25.3 Å². The maximum atomic E-state index is 4.28. The lowest BCUT2D eigenvalue weighted by Gasteiger charge is -2.22. The van der Waals surface area contributed by atoms with E-state index in [1.807, 2.05) is 6.33 Å². The Hall–Kier alpha value is -0.940. The molecule has 16 heavy (non-hydrogen) atoms. The first-order chi connectivity index (χ1) is 7.77. The summed E-state index contributed by atoms with van der Waals surface area (Å²) in [5.74, 6) is 1.76. The summed E-state index contributed by atoms with van der Waals surface area (Å²) in [6.45, 7) is 4.23. The highest BCUT2D eigenvalue weighted by Crippen LogP contribution is 2.22. The van der Waals surface area contributed by atoms with Crippen molar-refractivity contribution in [3.8, 4) is 0 Å². The van der Waals surface area contributed by atoms with Crippen molar-refractivity contribution in [1.82, 2.24) is 25.0 Å². The first-order valence-electron chi connectivity index (χ1n) is 6.00. The van der Waals surface area contributed by atoms with Crippen molar-refractivity contribution in [3.05, 3.63) is 12.2 Å². The Balaban J connectivity index is 2.00. The number of likely N-dealkylation sites (N-methyl/N-ethyl adjacent to an activating group) is 1. The van der Waals surface area contributed by atoms with Crippen LogP contribution in [-0.4, -0.2) is 53.4 Å². The fourth-order valence-electron chi connectivity index (χ4n) is 2.14. The van der Waals surface area contributed by atoms with Gasteiger partial charge < -0.3 is 14.8 Å². The van der Waals surface area contributed by atoms with Gasteiger partial charge in [-0.05, 0) is 40.0 Å².